The van der Waals surface area contributed by atoms with Gasteiger partial charge in [-0.3, -0.25) is 0 Å². The monoisotopic (exact) mass is 289 g/mol. The van der Waals surface area contributed by atoms with Crippen LogP contribution in [0.15, 0.2) is 18.2 Å². The van der Waals surface area contributed by atoms with Crippen LogP contribution >= 0.6 is 0 Å². The van der Waals surface area contributed by atoms with Gasteiger partial charge < -0.3 is 15.2 Å². The van der Waals surface area contributed by atoms with E-state index in [0.29, 0.717) is 37.1 Å². The molecule has 0 saturated carbocycles. The summed E-state index contributed by atoms with van der Waals surface area (Å²) in [5, 5.41) is 12.1. The highest BCUT2D eigenvalue weighted by Gasteiger charge is 2.36. The van der Waals surface area contributed by atoms with Gasteiger partial charge in [-0.15, -0.1) is 5.10 Å². The maximum absolute atomic E-state index is 6.13. The van der Waals surface area contributed by atoms with Gasteiger partial charge in [-0.2, -0.15) is 0 Å². The number of aromatic nitrogens is 4. The quantitative estimate of drug-likeness (QED) is 0.857. The largest absolute Gasteiger partial charge is 0.493 e. The number of nitrogens with two attached hydrogens (primary N) is 1. The summed E-state index contributed by atoms with van der Waals surface area (Å²) in [5.41, 5.74) is 7.20. The lowest BCUT2D eigenvalue weighted by Crippen LogP contribution is -2.32. The second-order valence-corrected chi connectivity index (χ2v) is 5.37. The SMILES string of the molecule is CCOc1cccc(N)c1-c1nnnn1C1(C)CCOC1. The number of tetrazole rings is 1. The first kappa shape index (κ1) is 13.8. The predicted octanol–water partition coefficient (Wildman–Crippen LogP) is 1.46. The predicted molar refractivity (Wildman–Crippen MR) is 77.9 cm³/mol. The molecule has 21 heavy (non-hydrogen) atoms. The van der Waals surface area contributed by atoms with Gasteiger partial charge in [0.1, 0.15) is 5.75 Å². The molecule has 3 rings (SSSR count). The Morgan fingerprint density at radius 2 is 2.33 bits per heavy atom. The molecule has 0 bridgehead atoms. The van der Waals surface area contributed by atoms with E-state index in [1.165, 1.54) is 0 Å². The Morgan fingerprint density at radius 3 is 3.05 bits per heavy atom. The minimum atomic E-state index is -0.259. The molecule has 2 heterocycles. The highest BCUT2D eigenvalue weighted by molar-refractivity contribution is 5.77. The molecule has 2 aromatic rings. The third-order valence-electron chi connectivity index (χ3n) is 3.76. The van der Waals surface area contributed by atoms with Crippen molar-refractivity contribution in [3.05, 3.63) is 18.2 Å². The summed E-state index contributed by atoms with van der Waals surface area (Å²) >= 11 is 0. The molecule has 1 aromatic heterocycles. The fraction of sp³-hybridized carbons (Fsp3) is 0.500. The molecule has 1 atom stereocenters. The van der Waals surface area contributed by atoms with Crippen LogP contribution in [0.5, 0.6) is 5.75 Å². The summed E-state index contributed by atoms with van der Waals surface area (Å²) in [6, 6.07) is 5.56. The highest BCUT2D eigenvalue weighted by atomic mass is 16.5. The van der Waals surface area contributed by atoms with Gasteiger partial charge in [-0.05, 0) is 42.8 Å². The van der Waals surface area contributed by atoms with E-state index in [1.54, 1.807) is 4.68 Å². The molecule has 1 aliphatic heterocycles. The molecule has 112 valence electrons. The number of ether oxygens (including phenoxy) is 2. The number of benzene rings is 1. The summed E-state index contributed by atoms with van der Waals surface area (Å²) in [6.07, 6.45) is 0.863. The van der Waals surface area contributed by atoms with Crippen molar-refractivity contribution in [2.24, 2.45) is 0 Å². The van der Waals surface area contributed by atoms with Crippen LogP contribution in [-0.4, -0.2) is 40.0 Å². The van der Waals surface area contributed by atoms with Crippen LogP contribution in [0.1, 0.15) is 20.3 Å². The molecule has 1 aliphatic rings. The van der Waals surface area contributed by atoms with Crippen molar-refractivity contribution >= 4 is 5.69 Å². The first-order valence-corrected chi connectivity index (χ1v) is 7.04. The first-order valence-electron chi connectivity index (χ1n) is 7.04. The minimum Gasteiger partial charge on any atom is -0.493 e. The van der Waals surface area contributed by atoms with Crippen LogP contribution in [0.2, 0.25) is 0 Å². The maximum atomic E-state index is 6.13. The van der Waals surface area contributed by atoms with Crippen LogP contribution in [-0.2, 0) is 10.3 Å². The van der Waals surface area contributed by atoms with E-state index in [-0.39, 0.29) is 5.54 Å². The zero-order chi connectivity index (χ0) is 14.9. The summed E-state index contributed by atoms with van der Waals surface area (Å²) in [5.74, 6) is 1.31. The topological polar surface area (TPSA) is 88.1 Å². The molecule has 2 N–H and O–H groups in total. The van der Waals surface area contributed by atoms with Gasteiger partial charge in [0.05, 0.1) is 24.3 Å². The van der Waals surface area contributed by atoms with Crippen molar-refractivity contribution in [2.75, 3.05) is 25.6 Å². The van der Waals surface area contributed by atoms with Gasteiger partial charge in [0.2, 0.25) is 0 Å². The maximum Gasteiger partial charge on any atom is 0.188 e. The summed E-state index contributed by atoms with van der Waals surface area (Å²) < 4.78 is 13.0. The molecule has 1 fully saturated rings. The van der Waals surface area contributed by atoms with Gasteiger partial charge in [-0.1, -0.05) is 6.07 Å². The molecule has 1 aromatic carbocycles. The normalized spacial score (nSPS) is 21.6. The lowest BCUT2D eigenvalue weighted by molar-refractivity contribution is 0.155. The van der Waals surface area contributed by atoms with Crippen molar-refractivity contribution in [3.8, 4) is 17.1 Å². The molecule has 0 spiro atoms. The van der Waals surface area contributed by atoms with Crippen LogP contribution in [0.3, 0.4) is 0 Å². The van der Waals surface area contributed by atoms with Crippen LogP contribution < -0.4 is 10.5 Å². The Morgan fingerprint density at radius 1 is 1.48 bits per heavy atom. The lowest BCUT2D eigenvalue weighted by atomic mass is 10.0. The number of hydrogen-bond donors (Lipinski definition) is 1. The molecule has 0 aliphatic carbocycles. The van der Waals surface area contributed by atoms with E-state index >= 15 is 0 Å². The van der Waals surface area contributed by atoms with E-state index in [4.69, 9.17) is 15.2 Å². The third-order valence-corrected chi connectivity index (χ3v) is 3.76. The third kappa shape index (κ3) is 2.33. The van der Waals surface area contributed by atoms with Gasteiger partial charge in [-0.25, -0.2) is 4.68 Å². The van der Waals surface area contributed by atoms with Crippen molar-refractivity contribution in [1.29, 1.82) is 0 Å². The fourth-order valence-corrected chi connectivity index (χ4v) is 2.59. The van der Waals surface area contributed by atoms with E-state index in [2.05, 4.69) is 22.4 Å². The smallest absolute Gasteiger partial charge is 0.188 e. The van der Waals surface area contributed by atoms with Gasteiger partial charge in [0.25, 0.3) is 0 Å². The van der Waals surface area contributed by atoms with E-state index in [1.807, 2.05) is 25.1 Å². The Hall–Kier alpha value is -2.15. The van der Waals surface area contributed by atoms with Gasteiger partial charge >= 0.3 is 0 Å². The van der Waals surface area contributed by atoms with Crippen LogP contribution in [0, 0.1) is 0 Å². The van der Waals surface area contributed by atoms with E-state index in [0.717, 1.165) is 12.0 Å². The van der Waals surface area contributed by atoms with E-state index < -0.39 is 0 Å². The van der Waals surface area contributed by atoms with Crippen molar-refractivity contribution in [1.82, 2.24) is 20.2 Å². The summed E-state index contributed by atoms with van der Waals surface area (Å²) in [4.78, 5) is 0. The van der Waals surface area contributed by atoms with Crippen molar-refractivity contribution < 1.29 is 9.47 Å². The molecular formula is C14H19N5O2. The standard InChI is InChI=1S/C14H19N5O2/c1-3-21-11-6-4-5-10(15)12(11)13-16-17-18-19(13)14(2)7-8-20-9-14/h4-6H,3,7-9,15H2,1-2H3. The molecule has 0 amide bonds. The average Bonchev–Trinajstić information content (AvgIpc) is 3.09. The molecule has 1 unspecified atom stereocenters. The van der Waals surface area contributed by atoms with Crippen LogP contribution in [0.25, 0.3) is 11.4 Å². The highest BCUT2D eigenvalue weighted by Crippen LogP contribution is 2.37. The van der Waals surface area contributed by atoms with Crippen molar-refractivity contribution in [3.63, 3.8) is 0 Å². The van der Waals surface area contributed by atoms with E-state index in [9.17, 15) is 0 Å². The number of nitrogen functional groups attached to an aromatic ring is 1. The zero-order valence-corrected chi connectivity index (χ0v) is 12.2. The van der Waals surface area contributed by atoms with Crippen molar-refractivity contribution in [2.45, 2.75) is 25.8 Å². The fourth-order valence-electron chi connectivity index (χ4n) is 2.59. The van der Waals surface area contributed by atoms with Gasteiger partial charge in [0.15, 0.2) is 5.82 Å². The Kier molecular flexibility index (Phi) is 3.50. The second-order valence-electron chi connectivity index (χ2n) is 5.37. The Balaban J connectivity index is 2.12. The molecule has 1 saturated heterocycles. The average molecular weight is 289 g/mol. The zero-order valence-electron chi connectivity index (χ0n) is 12.2. The second kappa shape index (κ2) is 5.33. The first-order chi connectivity index (χ1) is 10.2. The number of nitrogens with zero attached hydrogens (tertiary/aromatic N) is 4. The molecular weight excluding hydrogens is 270 g/mol. The minimum absolute atomic E-state index is 0.259. The Labute approximate surface area is 123 Å². The number of rotatable bonds is 4. The Bertz CT molecular complexity index is 634. The lowest BCUT2D eigenvalue weighted by Gasteiger charge is -2.23. The summed E-state index contributed by atoms with van der Waals surface area (Å²) in [6.45, 7) is 5.86. The molecule has 7 nitrogen and oxygen atoms in total. The van der Waals surface area contributed by atoms with Gasteiger partial charge in [0, 0.05) is 12.3 Å². The molecule has 7 heteroatoms. The molecule has 0 radical (unpaired) electrons. The summed E-state index contributed by atoms with van der Waals surface area (Å²) in [7, 11) is 0. The number of anilines is 1. The van der Waals surface area contributed by atoms with Crippen LogP contribution in [0.4, 0.5) is 5.69 Å². The number of hydrogen-bond acceptors (Lipinski definition) is 6.